The molecule has 2 aromatic rings. The molecule has 0 saturated heterocycles. The summed E-state index contributed by atoms with van der Waals surface area (Å²) >= 11 is 0.159. The Kier molecular flexibility index (Phi) is 3.79. The Morgan fingerprint density at radius 1 is 0.944 bits per heavy atom. The second-order valence-corrected chi connectivity index (χ2v) is 7.69. The van der Waals surface area contributed by atoms with Gasteiger partial charge in [-0.05, 0) is 0 Å². The SMILES string of the molecule is CC(C)(C)c1ccc(O)c([Se]c2ccccc2)c1. The Labute approximate surface area is 115 Å². The van der Waals surface area contributed by atoms with Gasteiger partial charge in [0.2, 0.25) is 0 Å². The number of rotatable bonds is 2. The number of benzene rings is 2. The van der Waals surface area contributed by atoms with Gasteiger partial charge in [0, 0.05) is 0 Å². The van der Waals surface area contributed by atoms with Crippen molar-refractivity contribution in [2.45, 2.75) is 26.2 Å². The van der Waals surface area contributed by atoms with Crippen LogP contribution in [0.2, 0.25) is 0 Å². The molecule has 0 spiro atoms. The van der Waals surface area contributed by atoms with E-state index in [1.165, 1.54) is 10.0 Å². The van der Waals surface area contributed by atoms with Gasteiger partial charge in [-0.15, -0.1) is 0 Å². The molecule has 0 atom stereocenters. The first kappa shape index (κ1) is 13.2. The molecule has 0 aromatic heterocycles. The normalized spacial score (nSPS) is 11.5. The molecule has 0 heterocycles. The molecule has 1 nitrogen and oxygen atoms in total. The van der Waals surface area contributed by atoms with Crippen LogP contribution in [0, 0.1) is 0 Å². The molecule has 1 N–H and O–H groups in total. The molecular formula is C16H18OSe. The minimum absolute atomic E-state index is 0.120. The van der Waals surface area contributed by atoms with Crippen LogP contribution in [0.5, 0.6) is 5.75 Å². The zero-order valence-corrected chi connectivity index (χ0v) is 12.7. The molecule has 18 heavy (non-hydrogen) atoms. The first-order chi connectivity index (χ1) is 8.47. The Morgan fingerprint density at radius 2 is 1.61 bits per heavy atom. The van der Waals surface area contributed by atoms with Gasteiger partial charge in [0.1, 0.15) is 0 Å². The summed E-state index contributed by atoms with van der Waals surface area (Å²) < 4.78 is 2.34. The second-order valence-electron chi connectivity index (χ2n) is 5.35. The molecule has 2 rings (SSSR count). The van der Waals surface area contributed by atoms with E-state index in [1.54, 1.807) is 0 Å². The summed E-state index contributed by atoms with van der Waals surface area (Å²) in [5, 5.41) is 9.98. The van der Waals surface area contributed by atoms with E-state index in [9.17, 15) is 5.11 Å². The van der Waals surface area contributed by atoms with E-state index >= 15 is 0 Å². The van der Waals surface area contributed by atoms with Crippen LogP contribution < -0.4 is 8.92 Å². The minimum atomic E-state index is 0.120. The molecule has 0 unspecified atom stereocenters. The topological polar surface area (TPSA) is 20.2 Å². The van der Waals surface area contributed by atoms with Crippen molar-refractivity contribution in [3.8, 4) is 5.75 Å². The third kappa shape index (κ3) is 3.16. The quantitative estimate of drug-likeness (QED) is 0.845. The maximum atomic E-state index is 9.98. The third-order valence-corrected chi connectivity index (χ3v) is 5.01. The van der Waals surface area contributed by atoms with Gasteiger partial charge in [0.05, 0.1) is 0 Å². The number of phenols is 1. The molecule has 0 fully saturated rings. The first-order valence-corrected chi connectivity index (χ1v) is 7.74. The Hall–Kier alpha value is -1.24. The van der Waals surface area contributed by atoms with Gasteiger partial charge < -0.3 is 0 Å². The fourth-order valence-corrected chi connectivity index (χ4v) is 3.58. The fourth-order valence-electron chi connectivity index (χ4n) is 1.68. The van der Waals surface area contributed by atoms with Crippen LogP contribution in [0.4, 0.5) is 0 Å². The van der Waals surface area contributed by atoms with E-state index in [0.717, 1.165) is 4.46 Å². The molecule has 0 aliphatic heterocycles. The molecule has 2 heteroatoms. The second kappa shape index (κ2) is 5.17. The van der Waals surface area contributed by atoms with Crippen LogP contribution in [0.15, 0.2) is 48.5 Å². The zero-order valence-electron chi connectivity index (χ0n) is 11.0. The molecular weight excluding hydrogens is 287 g/mol. The van der Waals surface area contributed by atoms with Crippen LogP contribution in [0.1, 0.15) is 26.3 Å². The summed E-state index contributed by atoms with van der Waals surface area (Å²) in [6, 6.07) is 16.3. The predicted octanol–water partition coefficient (Wildman–Crippen LogP) is 2.34. The number of hydrogen-bond donors (Lipinski definition) is 1. The van der Waals surface area contributed by atoms with Crippen molar-refractivity contribution in [2.24, 2.45) is 0 Å². The molecule has 0 aliphatic carbocycles. The molecule has 0 bridgehead atoms. The van der Waals surface area contributed by atoms with Crippen molar-refractivity contribution in [2.75, 3.05) is 0 Å². The molecule has 0 aliphatic rings. The van der Waals surface area contributed by atoms with Gasteiger partial charge in [-0.3, -0.25) is 0 Å². The predicted molar refractivity (Wildman–Crippen MR) is 78.3 cm³/mol. The van der Waals surface area contributed by atoms with Crippen LogP contribution in [0.3, 0.4) is 0 Å². The van der Waals surface area contributed by atoms with Gasteiger partial charge in [-0.1, -0.05) is 0 Å². The van der Waals surface area contributed by atoms with Gasteiger partial charge in [-0.2, -0.15) is 0 Å². The van der Waals surface area contributed by atoms with E-state index < -0.39 is 0 Å². The van der Waals surface area contributed by atoms with Crippen molar-refractivity contribution < 1.29 is 5.11 Å². The summed E-state index contributed by atoms with van der Waals surface area (Å²) in [7, 11) is 0. The number of phenolic OH excluding ortho intramolecular Hbond substituents is 1. The maximum absolute atomic E-state index is 9.98. The van der Waals surface area contributed by atoms with Gasteiger partial charge in [0.25, 0.3) is 0 Å². The van der Waals surface area contributed by atoms with E-state index in [2.05, 4.69) is 39.0 Å². The summed E-state index contributed by atoms with van der Waals surface area (Å²) in [5.41, 5.74) is 1.39. The van der Waals surface area contributed by atoms with Crippen molar-refractivity contribution in [1.82, 2.24) is 0 Å². The standard InChI is InChI=1S/C16H18OSe/c1-16(2,3)12-9-10-14(17)15(11-12)18-13-7-5-4-6-8-13/h4-11,17H,1-3H3. The van der Waals surface area contributed by atoms with Crippen molar-refractivity contribution in [3.63, 3.8) is 0 Å². The van der Waals surface area contributed by atoms with E-state index in [0.29, 0.717) is 5.75 Å². The monoisotopic (exact) mass is 306 g/mol. The Balaban J connectivity index is 2.33. The fraction of sp³-hybridized carbons (Fsp3) is 0.250. The average Bonchev–Trinajstić information content (AvgIpc) is 2.32. The summed E-state index contributed by atoms with van der Waals surface area (Å²) in [6.45, 7) is 6.58. The summed E-state index contributed by atoms with van der Waals surface area (Å²) in [4.78, 5) is 0. The van der Waals surface area contributed by atoms with Gasteiger partial charge in [-0.25, -0.2) is 0 Å². The van der Waals surface area contributed by atoms with Crippen LogP contribution in [0.25, 0.3) is 0 Å². The Morgan fingerprint density at radius 3 is 2.22 bits per heavy atom. The first-order valence-electron chi connectivity index (χ1n) is 6.03. The van der Waals surface area contributed by atoms with E-state index in [4.69, 9.17) is 0 Å². The van der Waals surface area contributed by atoms with Crippen molar-refractivity contribution >= 4 is 23.9 Å². The van der Waals surface area contributed by atoms with Gasteiger partial charge in [0.15, 0.2) is 0 Å². The van der Waals surface area contributed by atoms with Crippen LogP contribution >= 0.6 is 0 Å². The average molecular weight is 305 g/mol. The molecule has 0 radical (unpaired) electrons. The van der Waals surface area contributed by atoms with E-state index in [1.807, 2.05) is 30.3 Å². The summed E-state index contributed by atoms with van der Waals surface area (Å²) in [5.74, 6) is 0.409. The Bertz CT molecular complexity index is 527. The summed E-state index contributed by atoms with van der Waals surface area (Å²) in [6.07, 6.45) is 0. The van der Waals surface area contributed by atoms with E-state index in [-0.39, 0.29) is 20.4 Å². The van der Waals surface area contributed by atoms with Crippen molar-refractivity contribution in [1.29, 1.82) is 0 Å². The molecule has 2 aromatic carbocycles. The number of hydrogen-bond acceptors (Lipinski definition) is 1. The molecule has 0 amide bonds. The zero-order chi connectivity index (χ0) is 13.2. The van der Waals surface area contributed by atoms with Crippen LogP contribution in [-0.4, -0.2) is 20.1 Å². The molecule has 94 valence electrons. The third-order valence-electron chi connectivity index (χ3n) is 2.80. The van der Waals surface area contributed by atoms with Crippen LogP contribution in [-0.2, 0) is 5.41 Å². The number of aromatic hydroxyl groups is 1. The molecule has 0 saturated carbocycles. The van der Waals surface area contributed by atoms with Crippen molar-refractivity contribution in [3.05, 3.63) is 54.1 Å². The van der Waals surface area contributed by atoms with Gasteiger partial charge >= 0.3 is 115 Å².